The largest absolute Gasteiger partial charge is 0.381 e. The second kappa shape index (κ2) is 4.93. The van der Waals surface area contributed by atoms with Crippen LogP contribution in [-0.2, 0) is 9.53 Å². The molecule has 0 aromatic heterocycles. The van der Waals surface area contributed by atoms with Gasteiger partial charge in [-0.15, -0.1) is 0 Å². The minimum Gasteiger partial charge on any atom is -0.381 e. The molecule has 1 rings (SSSR count). The van der Waals surface area contributed by atoms with Crippen LogP contribution in [0.4, 0.5) is 0 Å². The quantitative estimate of drug-likeness (QED) is 0.622. The highest BCUT2D eigenvalue weighted by atomic mass is 16.5. The standard InChI is InChI=1S/C9H15NO2/c1-2-9(11)10-8-4-3-6-12-7-5-8/h2,8H,1,3-7H2,(H,10,11). The summed E-state index contributed by atoms with van der Waals surface area (Å²) in [4.78, 5) is 10.9. The van der Waals surface area contributed by atoms with Crippen molar-refractivity contribution >= 4 is 5.91 Å². The Balaban J connectivity index is 2.29. The Hall–Kier alpha value is -0.830. The van der Waals surface area contributed by atoms with E-state index in [0.29, 0.717) is 0 Å². The molecule has 0 aliphatic carbocycles. The molecule has 68 valence electrons. The van der Waals surface area contributed by atoms with E-state index < -0.39 is 0 Å². The molecule has 1 unspecified atom stereocenters. The molecule has 0 aromatic rings. The first-order chi connectivity index (χ1) is 5.83. The minimum absolute atomic E-state index is 0.0816. The predicted molar refractivity (Wildman–Crippen MR) is 46.8 cm³/mol. The van der Waals surface area contributed by atoms with E-state index in [4.69, 9.17) is 4.74 Å². The topological polar surface area (TPSA) is 38.3 Å². The third-order valence-corrected chi connectivity index (χ3v) is 1.98. The van der Waals surface area contributed by atoms with Crippen LogP contribution in [0.15, 0.2) is 12.7 Å². The van der Waals surface area contributed by atoms with Crippen molar-refractivity contribution in [2.75, 3.05) is 13.2 Å². The molecule has 0 spiro atoms. The average molecular weight is 169 g/mol. The lowest BCUT2D eigenvalue weighted by Crippen LogP contribution is -2.33. The lowest BCUT2D eigenvalue weighted by molar-refractivity contribution is -0.117. The summed E-state index contributed by atoms with van der Waals surface area (Å²) in [6.45, 7) is 4.98. The molecule has 1 aliphatic heterocycles. The minimum atomic E-state index is -0.0816. The lowest BCUT2D eigenvalue weighted by atomic mass is 10.1. The zero-order valence-electron chi connectivity index (χ0n) is 7.21. The first-order valence-corrected chi connectivity index (χ1v) is 4.33. The number of ether oxygens (including phenoxy) is 1. The highest BCUT2D eigenvalue weighted by molar-refractivity contribution is 5.87. The molecule has 1 amide bonds. The van der Waals surface area contributed by atoms with E-state index in [9.17, 15) is 4.79 Å². The summed E-state index contributed by atoms with van der Waals surface area (Å²) in [6, 6.07) is 0.276. The van der Waals surface area contributed by atoms with Crippen molar-refractivity contribution in [3.63, 3.8) is 0 Å². The van der Waals surface area contributed by atoms with E-state index in [1.54, 1.807) is 0 Å². The van der Waals surface area contributed by atoms with E-state index in [1.807, 2.05) is 0 Å². The van der Waals surface area contributed by atoms with Gasteiger partial charge in [0.15, 0.2) is 0 Å². The Kier molecular flexibility index (Phi) is 3.80. The van der Waals surface area contributed by atoms with Gasteiger partial charge in [-0.05, 0) is 25.3 Å². The van der Waals surface area contributed by atoms with Gasteiger partial charge in [0.05, 0.1) is 0 Å². The van der Waals surface area contributed by atoms with Crippen LogP contribution in [0.3, 0.4) is 0 Å². The molecule has 1 aliphatic rings. The summed E-state index contributed by atoms with van der Waals surface area (Å²) < 4.78 is 5.26. The van der Waals surface area contributed by atoms with Gasteiger partial charge in [-0.3, -0.25) is 4.79 Å². The summed E-state index contributed by atoms with van der Waals surface area (Å²) in [5.74, 6) is -0.0816. The van der Waals surface area contributed by atoms with Crippen molar-refractivity contribution in [1.82, 2.24) is 5.32 Å². The first kappa shape index (κ1) is 9.26. The summed E-state index contributed by atoms with van der Waals surface area (Å²) in [7, 11) is 0. The monoisotopic (exact) mass is 169 g/mol. The van der Waals surface area contributed by atoms with Gasteiger partial charge in [-0.25, -0.2) is 0 Å². The molecule has 1 saturated heterocycles. The maximum atomic E-state index is 10.9. The van der Waals surface area contributed by atoms with Crippen LogP contribution in [0.1, 0.15) is 19.3 Å². The maximum Gasteiger partial charge on any atom is 0.243 e. The second-order valence-corrected chi connectivity index (χ2v) is 2.95. The molecule has 1 N–H and O–H groups in total. The smallest absolute Gasteiger partial charge is 0.243 e. The average Bonchev–Trinajstić information content (AvgIpc) is 2.33. The van der Waals surface area contributed by atoms with E-state index in [-0.39, 0.29) is 11.9 Å². The summed E-state index contributed by atoms with van der Waals surface area (Å²) in [6.07, 6.45) is 4.27. The van der Waals surface area contributed by atoms with Crippen LogP contribution in [0.2, 0.25) is 0 Å². The van der Waals surface area contributed by atoms with Crippen molar-refractivity contribution in [2.45, 2.75) is 25.3 Å². The molecule has 3 heteroatoms. The van der Waals surface area contributed by atoms with Gasteiger partial charge in [0.2, 0.25) is 5.91 Å². The fourth-order valence-electron chi connectivity index (χ4n) is 1.31. The number of hydrogen-bond donors (Lipinski definition) is 1. The highest BCUT2D eigenvalue weighted by Gasteiger charge is 2.12. The maximum absolute atomic E-state index is 10.9. The van der Waals surface area contributed by atoms with Gasteiger partial charge in [0.25, 0.3) is 0 Å². The number of carbonyl (C=O) groups is 1. The molecule has 0 radical (unpaired) electrons. The lowest BCUT2D eigenvalue weighted by Gasteiger charge is -2.13. The van der Waals surface area contributed by atoms with E-state index >= 15 is 0 Å². The summed E-state index contributed by atoms with van der Waals surface area (Å²) in [5.41, 5.74) is 0. The molecule has 1 heterocycles. The van der Waals surface area contributed by atoms with E-state index in [1.165, 1.54) is 6.08 Å². The fraction of sp³-hybridized carbons (Fsp3) is 0.667. The van der Waals surface area contributed by atoms with Crippen LogP contribution in [-0.4, -0.2) is 25.2 Å². The number of rotatable bonds is 2. The molecule has 0 saturated carbocycles. The van der Waals surface area contributed by atoms with Crippen molar-refractivity contribution in [3.05, 3.63) is 12.7 Å². The second-order valence-electron chi connectivity index (χ2n) is 2.95. The predicted octanol–water partition coefficient (Wildman–Crippen LogP) is 0.858. The van der Waals surface area contributed by atoms with Gasteiger partial charge in [0, 0.05) is 19.3 Å². The zero-order chi connectivity index (χ0) is 8.81. The van der Waals surface area contributed by atoms with Gasteiger partial charge in [-0.1, -0.05) is 6.58 Å². The van der Waals surface area contributed by atoms with E-state index in [0.717, 1.165) is 32.5 Å². The van der Waals surface area contributed by atoms with Gasteiger partial charge < -0.3 is 10.1 Å². The van der Waals surface area contributed by atoms with Crippen molar-refractivity contribution in [3.8, 4) is 0 Å². The van der Waals surface area contributed by atoms with Gasteiger partial charge in [-0.2, -0.15) is 0 Å². The number of carbonyl (C=O) groups excluding carboxylic acids is 1. The number of hydrogen-bond acceptors (Lipinski definition) is 2. The van der Waals surface area contributed by atoms with Crippen LogP contribution >= 0.6 is 0 Å². The number of nitrogens with one attached hydrogen (secondary N) is 1. The molecule has 1 fully saturated rings. The van der Waals surface area contributed by atoms with Crippen LogP contribution in [0, 0.1) is 0 Å². The van der Waals surface area contributed by atoms with Crippen molar-refractivity contribution < 1.29 is 9.53 Å². The molecule has 1 atom stereocenters. The fourth-order valence-corrected chi connectivity index (χ4v) is 1.31. The normalized spacial score (nSPS) is 24.2. The first-order valence-electron chi connectivity index (χ1n) is 4.33. The van der Waals surface area contributed by atoms with E-state index in [2.05, 4.69) is 11.9 Å². The molecule has 0 bridgehead atoms. The summed E-state index contributed by atoms with van der Waals surface area (Å²) in [5, 5.41) is 2.87. The molecule has 0 aromatic carbocycles. The highest BCUT2D eigenvalue weighted by Crippen LogP contribution is 2.07. The molecular formula is C9H15NO2. The van der Waals surface area contributed by atoms with Gasteiger partial charge >= 0.3 is 0 Å². The van der Waals surface area contributed by atoms with Crippen LogP contribution in [0.25, 0.3) is 0 Å². The van der Waals surface area contributed by atoms with Crippen molar-refractivity contribution in [2.24, 2.45) is 0 Å². The number of amides is 1. The Labute approximate surface area is 72.8 Å². The zero-order valence-corrected chi connectivity index (χ0v) is 7.21. The molecular weight excluding hydrogens is 154 g/mol. The molecule has 3 nitrogen and oxygen atoms in total. The SMILES string of the molecule is C=CC(=O)NC1CCCOCC1. The van der Waals surface area contributed by atoms with Gasteiger partial charge in [0.1, 0.15) is 0 Å². The van der Waals surface area contributed by atoms with Crippen LogP contribution < -0.4 is 5.32 Å². The van der Waals surface area contributed by atoms with Crippen LogP contribution in [0.5, 0.6) is 0 Å². The Morgan fingerprint density at radius 2 is 2.33 bits per heavy atom. The Morgan fingerprint density at radius 1 is 1.50 bits per heavy atom. The summed E-state index contributed by atoms with van der Waals surface area (Å²) >= 11 is 0. The molecule has 12 heavy (non-hydrogen) atoms. The Morgan fingerprint density at radius 3 is 3.08 bits per heavy atom. The third-order valence-electron chi connectivity index (χ3n) is 1.98. The Bertz CT molecular complexity index is 160. The van der Waals surface area contributed by atoms with Crippen molar-refractivity contribution in [1.29, 1.82) is 0 Å². The third kappa shape index (κ3) is 3.05.